The third-order valence-electron chi connectivity index (χ3n) is 2.98. The van der Waals surface area contributed by atoms with Crippen molar-refractivity contribution in [2.24, 2.45) is 0 Å². The maximum Gasteiger partial charge on any atom is 0.440 e. The van der Waals surface area contributed by atoms with E-state index in [1.165, 1.54) is 12.1 Å². The lowest BCUT2D eigenvalue weighted by molar-refractivity contribution is -0.386. The second kappa shape index (κ2) is 7.51. The minimum absolute atomic E-state index is 0.131. The van der Waals surface area contributed by atoms with Crippen LogP contribution in [0.3, 0.4) is 0 Å². The summed E-state index contributed by atoms with van der Waals surface area (Å²) in [7, 11) is 1.12. The summed E-state index contributed by atoms with van der Waals surface area (Å²) in [5.74, 6) is 0.0157. The Balaban J connectivity index is 2.18. The molecule has 0 saturated heterocycles. The average Bonchev–Trinajstić information content (AvgIpc) is 2.54. The average molecular weight is 353 g/mol. The number of nitro groups is 1. The number of nitrogens with zero attached hydrogens (tertiary/aromatic N) is 2. The number of hydrogen-bond acceptors (Lipinski definition) is 5. The van der Waals surface area contributed by atoms with Gasteiger partial charge in [0.15, 0.2) is 0 Å². The van der Waals surface area contributed by atoms with Gasteiger partial charge in [-0.2, -0.15) is 0 Å². The van der Waals surface area contributed by atoms with Crippen LogP contribution >= 0.6 is 11.6 Å². The Labute approximate surface area is 141 Å². The Morgan fingerprint density at radius 3 is 2.67 bits per heavy atom. The molecular weight excluding hydrogens is 340 g/mol. The number of hydroxylamine groups is 2. The van der Waals surface area contributed by atoms with E-state index in [4.69, 9.17) is 26.3 Å². The molecule has 0 aliphatic carbocycles. The Morgan fingerprint density at radius 2 is 2.04 bits per heavy atom. The Morgan fingerprint density at radius 1 is 1.33 bits per heavy atom. The highest BCUT2D eigenvalue weighted by atomic mass is 35.5. The van der Waals surface area contributed by atoms with Gasteiger partial charge in [-0.3, -0.25) is 10.1 Å². The Bertz CT molecular complexity index is 767. The molecule has 2 aromatic carbocycles. The summed E-state index contributed by atoms with van der Waals surface area (Å²) in [5, 5.41) is 20.9. The van der Waals surface area contributed by atoms with Gasteiger partial charge in [0.05, 0.1) is 18.0 Å². The van der Waals surface area contributed by atoms with Crippen LogP contribution in [0.4, 0.5) is 10.5 Å². The molecule has 9 heteroatoms. The summed E-state index contributed by atoms with van der Waals surface area (Å²) >= 11 is 6.02. The first-order valence-electron chi connectivity index (χ1n) is 6.67. The van der Waals surface area contributed by atoms with Crippen LogP contribution in [-0.2, 0) is 6.61 Å². The number of ether oxygens (including phenoxy) is 1. The standard InChI is InChI=1S/C15H13ClN2O6/c1-17(15(19)20)24-14-7-6-11(8-13(14)18(21)22)23-9-10-4-2-3-5-12(10)16/h2-8H,9H2,1H3,(H,19,20). The molecule has 0 heterocycles. The predicted octanol–water partition coefficient (Wildman–Crippen LogP) is 3.73. The quantitative estimate of drug-likeness (QED) is 0.627. The van der Waals surface area contributed by atoms with Crippen LogP contribution in [0.2, 0.25) is 5.02 Å². The van der Waals surface area contributed by atoms with Crippen LogP contribution in [0.25, 0.3) is 0 Å². The zero-order chi connectivity index (χ0) is 17.7. The molecule has 0 spiro atoms. The van der Waals surface area contributed by atoms with Gasteiger partial charge in [0, 0.05) is 10.6 Å². The monoisotopic (exact) mass is 352 g/mol. The van der Waals surface area contributed by atoms with Crippen LogP contribution in [0.15, 0.2) is 42.5 Å². The summed E-state index contributed by atoms with van der Waals surface area (Å²) < 4.78 is 5.50. The molecule has 8 nitrogen and oxygen atoms in total. The van der Waals surface area contributed by atoms with Crippen LogP contribution in [-0.4, -0.2) is 28.2 Å². The molecule has 0 bridgehead atoms. The molecule has 0 fully saturated rings. The minimum Gasteiger partial charge on any atom is -0.489 e. The predicted molar refractivity (Wildman–Crippen MR) is 85.3 cm³/mol. The number of carbonyl (C=O) groups is 1. The first kappa shape index (κ1) is 17.4. The lowest BCUT2D eigenvalue weighted by atomic mass is 10.2. The lowest BCUT2D eigenvalue weighted by Crippen LogP contribution is -2.28. The topological polar surface area (TPSA) is 102 Å². The maximum absolute atomic E-state index is 11.1. The maximum atomic E-state index is 11.1. The van der Waals surface area contributed by atoms with Crippen molar-refractivity contribution in [2.75, 3.05) is 7.05 Å². The van der Waals surface area contributed by atoms with Gasteiger partial charge in [-0.25, -0.2) is 4.79 Å². The second-order valence-corrected chi connectivity index (χ2v) is 5.05. The highest BCUT2D eigenvalue weighted by Crippen LogP contribution is 2.32. The van der Waals surface area contributed by atoms with Gasteiger partial charge in [0.1, 0.15) is 12.4 Å². The van der Waals surface area contributed by atoms with Crippen molar-refractivity contribution in [1.82, 2.24) is 5.06 Å². The van der Waals surface area contributed by atoms with Gasteiger partial charge < -0.3 is 14.7 Å². The fourth-order valence-electron chi connectivity index (χ4n) is 1.77. The molecular formula is C15H13ClN2O6. The van der Waals surface area contributed by atoms with Gasteiger partial charge >= 0.3 is 11.8 Å². The highest BCUT2D eigenvalue weighted by Gasteiger charge is 2.20. The molecule has 0 unspecified atom stereocenters. The van der Waals surface area contributed by atoms with Crippen molar-refractivity contribution in [1.29, 1.82) is 0 Å². The Hall–Kier alpha value is -3.00. The number of halogens is 1. The van der Waals surface area contributed by atoms with Gasteiger partial charge in [0.25, 0.3) is 0 Å². The second-order valence-electron chi connectivity index (χ2n) is 4.64. The third kappa shape index (κ3) is 4.26. The molecule has 1 N–H and O–H groups in total. The summed E-state index contributed by atoms with van der Waals surface area (Å²) in [6.45, 7) is 0.131. The molecule has 0 atom stereocenters. The van der Waals surface area contributed by atoms with Crippen LogP contribution in [0, 0.1) is 10.1 Å². The lowest BCUT2D eigenvalue weighted by Gasteiger charge is -2.14. The van der Waals surface area contributed by atoms with E-state index in [1.54, 1.807) is 24.3 Å². The fourth-order valence-corrected chi connectivity index (χ4v) is 1.96. The van der Waals surface area contributed by atoms with E-state index in [-0.39, 0.29) is 18.1 Å². The van der Waals surface area contributed by atoms with Gasteiger partial charge in [-0.1, -0.05) is 29.8 Å². The molecule has 0 aliphatic heterocycles. The zero-order valence-electron chi connectivity index (χ0n) is 12.5. The normalized spacial score (nSPS) is 10.1. The summed E-state index contributed by atoms with van der Waals surface area (Å²) in [6.07, 6.45) is -1.39. The first-order valence-corrected chi connectivity index (χ1v) is 7.05. The molecule has 0 aromatic heterocycles. The van der Waals surface area contributed by atoms with Crippen molar-refractivity contribution in [3.63, 3.8) is 0 Å². The van der Waals surface area contributed by atoms with E-state index in [1.807, 2.05) is 0 Å². The van der Waals surface area contributed by atoms with E-state index in [9.17, 15) is 14.9 Å². The smallest absolute Gasteiger partial charge is 0.440 e. The summed E-state index contributed by atoms with van der Waals surface area (Å²) in [6, 6.07) is 10.9. The molecule has 0 aliphatic rings. The molecule has 0 saturated carbocycles. The van der Waals surface area contributed by atoms with Crippen molar-refractivity contribution in [3.05, 3.63) is 63.2 Å². The number of rotatable bonds is 6. The van der Waals surface area contributed by atoms with Gasteiger partial charge in [-0.05, 0) is 18.2 Å². The van der Waals surface area contributed by atoms with Crippen molar-refractivity contribution in [2.45, 2.75) is 6.61 Å². The molecule has 0 radical (unpaired) electrons. The number of benzene rings is 2. The van der Waals surface area contributed by atoms with E-state index < -0.39 is 16.7 Å². The minimum atomic E-state index is -1.39. The van der Waals surface area contributed by atoms with Crippen LogP contribution < -0.4 is 9.57 Å². The third-order valence-corrected chi connectivity index (χ3v) is 3.35. The Kier molecular flexibility index (Phi) is 5.43. The van der Waals surface area contributed by atoms with Crippen molar-refractivity contribution < 1.29 is 24.4 Å². The van der Waals surface area contributed by atoms with E-state index >= 15 is 0 Å². The molecule has 24 heavy (non-hydrogen) atoms. The largest absolute Gasteiger partial charge is 0.489 e. The van der Waals surface area contributed by atoms with Crippen molar-refractivity contribution in [3.8, 4) is 11.5 Å². The fraction of sp³-hybridized carbons (Fsp3) is 0.133. The van der Waals surface area contributed by atoms with Crippen molar-refractivity contribution >= 4 is 23.4 Å². The summed E-state index contributed by atoms with van der Waals surface area (Å²) in [5.41, 5.74) is 0.313. The zero-order valence-corrected chi connectivity index (χ0v) is 13.3. The molecule has 1 amide bonds. The van der Waals surface area contributed by atoms with E-state index in [0.29, 0.717) is 10.1 Å². The van der Waals surface area contributed by atoms with Crippen LogP contribution in [0.5, 0.6) is 11.5 Å². The number of nitro benzene ring substituents is 1. The van der Waals surface area contributed by atoms with E-state index in [2.05, 4.69) is 0 Å². The summed E-state index contributed by atoms with van der Waals surface area (Å²) in [4.78, 5) is 26.1. The first-order chi connectivity index (χ1) is 11.4. The molecule has 2 aromatic rings. The number of amides is 1. The van der Waals surface area contributed by atoms with Gasteiger partial charge in [-0.15, -0.1) is 5.06 Å². The van der Waals surface area contributed by atoms with Crippen LogP contribution in [0.1, 0.15) is 5.56 Å². The molecule has 126 valence electrons. The SMILES string of the molecule is CN(Oc1ccc(OCc2ccccc2Cl)cc1[N+](=O)[O-])C(=O)O. The van der Waals surface area contributed by atoms with E-state index in [0.717, 1.165) is 18.7 Å². The van der Waals surface area contributed by atoms with Gasteiger partial charge in [0.2, 0.25) is 5.75 Å². The number of carboxylic acid groups (broad SMARTS) is 1. The highest BCUT2D eigenvalue weighted by molar-refractivity contribution is 6.31. The number of hydrogen-bond donors (Lipinski definition) is 1. The molecule has 2 rings (SSSR count).